The van der Waals surface area contributed by atoms with Gasteiger partial charge in [0.05, 0.1) is 12.2 Å². The van der Waals surface area contributed by atoms with Gasteiger partial charge >= 0.3 is 0 Å². The van der Waals surface area contributed by atoms with Gasteiger partial charge in [-0.3, -0.25) is 0 Å². The molecule has 8 rings (SSSR count). The molecule has 48 heavy (non-hydrogen) atoms. The van der Waals surface area contributed by atoms with Crippen molar-refractivity contribution in [3.63, 3.8) is 0 Å². The largest absolute Gasteiger partial charge is 0.334 e. The molecule has 6 aromatic rings. The first-order valence-corrected chi connectivity index (χ1v) is 19.9. The molecule has 3 nitrogen and oxygen atoms in total. The van der Waals surface area contributed by atoms with Crippen molar-refractivity contribution in [3.05, 3.63) is 180 Å². The van der Waals surface area contributed by atoms with E-state index < -0.39 is 20.9 Å². The van der Waals surface area contributed by atoms with Crippen LogP contribution in [0.2, 0.25) is 0 Å². The first kappa shape index (κ1) is 31.2. The van der Waals surface area contributed by atoms with E-state index in [0.717, 1.165) is 51.0 Å². The predicted octanol–water partition coefficient (Wildman–Crippen LogP) is 8.25. The molecule has 0 unspecified atom stereocenters. The van der Waals surface area contributed by atoms with Gasteiger partial charge in [0.1, 0.15) is 0 Å². The van der Waals surface area contributed by atoms with Gasteiger partial charge in [-0.1, -0.05) is 172 Å². The highest BCUT2D eigenvalue weighted by atomic mass is 31.2. The third-order valence-electron chi connectivity index (χ3n) is 9.71. The SMILES string of the molecule is CC[C@@H]1O[C@@]2(O[C@@H](CC)c3cccc(P(=O)(c4ccccc4)c4ccccc4)c32)c2c1cccc2P(c1ccccc1)c1ccccc1. The monoisotopic (exact) mass is 664 g/mol. The van der Waals surface area contributed by atoms with Crippen LogP contribution in [-0.2, 0) is 19.8 Å². The molecule has 2 aliphatic rings. The van der Waals surface area contributed by atoms with Crippen LogP contribution in [0.1, 0.15) is 61.2 Å². The Hall–Kier alpha value is -4.10. The lowest BCUT2D eigenvalue weighted by Gasteiger charge is -2.33. The molecule has 6 aromatic carbocycles. The number of hydrogen-bond donors (Lipinski definition) is 0. The zero-order chi connectivity index (χ0) is 32.7. The molecule has 0 aliphatic carbocycles. The Labute approximate surface area is 284 Å². The first-order chi connectivity index (χ1) is 23.6. The zero-order valence-electron chi connectivity index (χ0n) is 27.2. The van der Waals surface area contributed by atoms with Gasteiger partial charge in [0, 0.05) is 27.0 Å². The summed E-state index contributed by atoms with van der Waals surface area (Å²) in [7, 11) is -4.36. The van der Waals surface area contributed by atoms with Crippen LogP contribution in [0, 0.1) is 0 Å². The molecule has 0 bridgehead atoms. The number of benzene rings is 6. The summed E-state index contributed by atoms with van der Waals surface area (Å²) in [5.41, 5.74) is 4.20. The minimum atomic E-state index is -3.38. The standard InChI is InChI=1S/C43H38O3P2/c1-3-37-35-27-17-29-39(47(31-19-9-5-10-20-31)32-21-11-6-12-22-32)41(35)43(45-37)42-36(38(4-2)46-43)28-18-30-40(42)48(44,33-23-13-7-14-24-33)34-25-15-8-16-26-34/h5-30,37-38H,3-4H2,1-2H3/t37-,38-,43+/m0/s1. The van der Waals surface area contributed by atoms with Gasteiger partial charge in [-0.05, 0) is 47.8 Å². The van der Waals surface area contributed by atoms with Gasteiger partial charge in [0.25, 0.3) is 0 Å². The molecule has 0 saturated carbocycles. The maximum Gasteiger partial charge on any atom is 0.225 e. The molecule has 0 saturated heterocycles. The summed E-state index contributed by atoms with van der Waals surface area (Å²) in [6.45, 7) is 4.34. The van der Waals surface area contributed by atoms with Crippen molar-refractivity contribution in [2.45, 2.75) is 44.7 Å². The second kappa shape index (κ2) is 12.7. The van der Waals surface area contributed by atoms with Gasteiger partial charge < -0.3 is 14.0 Å². The molecule has 1 spiro atoms. The molecule has 0 radical (unpaired) electrons. The highest BCUT2D eigenvalue weighted by Crippen LogP contribution is 2.60. The van der Waals surface area contributed by atoms with Crippen LogP contribution in [0.5, 0.6) is 0 Å². The van der Waals surface area contributed by atoms with Gasteiger partial charge in [0.15, 0.2) is 7.14 Å². The molecular weight excluding hydrogens is 626 g/mol. The van der Waals surface area contributed by atoms with E-state index in [0.29, 0.717) is 0 Å². The van der Waals surface area contributed by atoms with Crippen LogP contribution in [-0.4, -0.2) is 0 Å². The second-order valence-electron chi connectivity index (χ2n) is 12.4. The zero-order valence-corrected chi connectivity index (χ0v) is 29.0. The maximum absolute atomic E-state index is 16.1. The lowest BCUT2D eigenvalue weighted by Crippen LogP contribution is -2.39. The fourth-order valence-electron chi connectivity index (χ4n) is 7.62. The topological polar surface area (TPSA) is 35.5 Å². The Morgan fingerprint density at radius 2 is 0.979 bits per heavy atom. The van der Waals surface area contributed by atoms with Gasteiger partial charge in [-0.15, -0.1) is 0 Å². The van der Waals surface area contributed by atoms with Crippen molar-refractivity contribution in [2.75, 3.05) is 0 Å². The van der Waals surface area contributed by atoms with Gasteiger partial charge in [0.2, 0.25) is 5.79 Å². The lowest BCUT2D eigenvalue weighted by molar-refractivity contribution is -0.235. The van der Waals surface area contributed by atoms with Gasteiger partial charge in [-0.2, -0.15) is 0 Å². The smallest absolute Gasteiger partial charge is 0.225 e. The molecule has 0 N–H and O–H groups in total. The molecule has 0 fully saturated rings. The molecule has 5 heteroatoms. The highest BCUT2D eigenvalue weighted by molar-refractivity contribution is 7.85. The first-order valence-electron chi connectivity index (χ1n) is 16.8. The third kappa shape index (κ3) is 4.88. The van der Waals surface area contributed by atoms with Crippen LogP contribution >= 0.6 is 15.1 Å². The molecule has 238 valence electrons. The minimum Gasteiger partial charge on any atom is -0.334 e. The summed E-state index contributed by atoms with van der Waals surface area (Å²) in [6.07, 6.45) is 1.17. The van der Waals surface area contributed by atoms with Crippen molar-refractivity contribution < 1.29 is 14.0 Å². The summed E-state index contributed by atoms with van der Waals surface area (Å²) < 4.78 is 30.8. The summed E-state index contributed by atoms with van der Waals surface area (Å²) >= 11 is 0. The van der Waals surface area contributed by atoms with Crippen molar-refractivity contribution >= 4 is 46.9 Å². The van der Waals surface area contributed by atoms with Crippen LogP contribution in [0.3, 0.4) is 0 Å². The van der Waals surface area contributed by atoms with Gasteiger partial charge in [-0.25, -0.2) is 0 Å². The van der Waals surface area contributed by atoms with E-state index in [2.05, 4.69) is 111 Å². The highest BCUT2D eigenvalue weighted by Gasteiger charge is 2.58. The number of fused-ring (bicyclic) bond motifs is 4. The Balaban J connectivity index is 1.46. The lowest BCUT2D eigenvalue weighted by atomic mass is 9.92. The van der Waals surface area contributed by atoms with Crippen LogP contribution in [0.25, 0.3) is 0 Å². The molecule has 0 aromatic heterocycles. The van der Waals surface area contributed by atoms with Crippen LogP contribution in [0.4, 0.5) is 0 Å². The number of hydrogen-bond acceptors (Lipinski definition) is 3. The quantitative estimate of drug-likeness (QED) is 0.154. The van der Waals surface area contributed by atoms with Crippen molar-refractivity contribution in [1.82, 2.24) is 0 Å². The summed E-state index contributed by atoms with van der Waals surface area (Å²) in [5, 5.41) is 6.13. The Kier molecular flexibility index (Phi) is 8.27. The Bertz CT molecular complexity index is 2010. The number of ether oxygens (including phenoxy) is 2. The van der Waals surface area contributed by atoms with Crippen LogP contribution < -0.4 is 31.8 Å². The minimum absolute atomic E-state index is 0.173. The van der Waals surface area contributed by atoms with E-state index in [-0.39, 0.29) is 12.2 Å². The number of rotatable bonds is 8. The molecular formula is C43H38O3P2. The fraction of sp³-hybridized carbons (Fsp3) is 0.163. The molecule has 2 heterocycles. The Morgan fingerprint density at radius 3 is 1.46 bits per heavy atom. The van der Waals surface area contributed by atoms with E-state index in [1.165, 1.54) is 15.9 Å². The summed E-state index contributed by atoms with van der Waals surface area (Å²) in [5.74, 6) is -1.22. The normalized spacial score (nSPS) is 19.8. The van der Waals surface area contributed by atoms with Crippen molar-refractivity contribution in [3.8, 4) is 0 Å². The summed E-state index contributed by atoms with van der Waals surface area (Å²) in [4.78, 5) is 0. The molecule has 2 aliphatic heterocycles. The maximum atomic E-state index is 16.1. The Morgan fingerprint density at radius 1 is 0.542 bits per heavy atom. The van der Waals surface area contributed by atoms with Crippen molar-refractivity contribution in [1.29, 1.82) is 0 Å². The molecule has 3 atom stereocenters. The average Bonchev–Trinajstić information content (AvgIpc) is 3.67. The van der Waals surface area contributed by atoms with Crippen molar-refractivity contribution in [2.24, 2.45) is 0 Å². The fourth-order valence-corrected chi connectivity index (χ4v) is 13.1. The van der Waals surface area contributed by atoms with E-state index in [1.54, 1.807) is 0 Å². The molecule has 0 amide bonds. The van der Waals surface area contributed by atoms with E-state index in [4.69, 9.17) is 9.47 Å². The summed E-state index contributed by atoms with van der Waals surface area (Å²) in [6, 6.07) is 54.4. The average molecular weight is 665 g/mol. The van der Waals surface area contributed by atoms with E-state index >= 15 is 4.57 Å². The van der Waals surface area contributed by atoms with Crippen LogP contribution in [0.15, 0.2) is 158 Å². The predicted molar refractivity (Wildman–Crippen MR) is 200 cm³/mol. The second-order valence-corrected chi connectivity index (χ2v) is 17.3. The third-order valence-corrected chi connectivity index (χ3v) is 15.3. The van der Waals surface area contributed by atoms with E-state index in [9.17, 15) is 0 Å². The van der Waals surface area contributed by atoms with E-state index in [1.807, 2.05) is 60.7 Å².